The molecule has 4 rings (SSSR count). The van der Waals surface area contributed by atoms with Crippen LogP contribution in [0.2, 0.25) is 0 Å². The van der Waals surface area contributed by atoms with E-state index in [2.05, 4.69) is 0 Å². The van der Waals surface area contributed by atoms with Crippen LogP contribution in [0.1, 0.15) is 51.4 Å². The minimum absolute atomic E-state index is 0.0164. The van der Waals surface area contributed by atoms with E-state index in [1.165, 1.54) is 20.0 Å². The lowest BCUT2D eigenvalue weighted by atomic mass is 9.51. The van der Waals surface area contributed by atoms with E-state index in [1.807, 2.05) is 0 Å². The van der Waals surface area contributed by atoms with E-state index >= 15 is 0 Å². The highest BCUT2D eigenvalue weighted by Crippen LogP contribution is 2.65. The molecule has 0 aromatic heterocycles. The Balaban J connectivity index is 1.81. The lowest BCUT2D eigenvalue weighted by Crippen LogP contribution is -2.54. The summed E-state index contributed by atoms with van der Waals surface area (Å²) in [5.41, 5.74) is 6.76. The SMILES string of the molecule is COC(=O)C12CCC(C3(N)CC3)(CC1)CC2. The summed E-state index contributed by atoms with van der Waals surface area (Å²) < 4.78 is 4.97. The van der Waals surface area contributed by atoms with Crippen molar-refractivity contribution in [3.63, 3.8) is 0 Å². The van der Waals surface area contributed by atoms with Gasteiger partial charge in [0.2, 0.25) is 0 Å². The fraction of sp³-hybridized carbons (Fsp3) is 0.923. The second-order valence-corrected chi connectivity index (χ2v) is 6.21. The van der Waals surface area contributed by atoms with Gasteiger partial charge in [0.25, 0.3) is 0 Å². The van der Waals surface area contributed by atoms with Gasteiger partial charge in [-0.1, -0.05) is 0 Å². The standard InChI is InChI=1S/C13H21NO2/c1-16-10(15)11-2-5-12(6-3-11,7-4-11)13(14)8-9-13/h2-9,14H2,1H3. The normalized spacial score (nSPS) is 44.1. The first-order chi connectivity index (χ1) is 7.56. The summed E-state index contributed by atoms with van der Waals surface area (Å²) in [6.45, 7) is 0. The number of carbonyl (C=O) groups excluding carboxylic acids is 1. The highest BCUT2D eigenvalue weighted by atomic mass is 16.5. The number of methoxy groups -OCH3 is 1. The number of rotatable bonds is 2. The van der Waals surface area contributed by atoms with Gasteiger partial charge in [-0.25, -0.2) is 0 Å². The van der Waals surface area contributed by atoms with Crippen LogP contribution >= 0.6 is 0 Å². The van der Waals surface area contributed by atoms with Gasteiger partial charge in [0, 0.05) is 5.54 Å². The Labute approximate surface area is 96.7 Å². The van der Waals surface area contributed by atoms with Crippen molar-refractivity contribution >= 4 is 5.97 Å². The lowest BCUT2D eigenvalue weighted by molar-refractivity contribution is -0.164. The maximum Gasteiger partial charge on any atom is 0.311 e. The molecule has 4 fully saturated rings. The Morgan fingerprint density at radius 3 is 1.88 bits per heavy atom. The van der Waals surface area contributed by atoms with Crippen LogP contribution in [-0.4, -0.2) is 18.6 Å². The second-order valence-electron chi connectivity index (χ2n) is 6.21. The van der Waals surface area contributed by atoms with Gasteiger partial charge in [-0.15, -0.1) is 0 Å². The first kappa shape index (κ1) is 10.6. The van der Waals surface area contributed by atoms with Crippen molar-refractivity contribution in [2.75, 3.05) is 7.11 Å². The minimum Gasteiger partial charge on any atom is -0.469 e. The summed E-state index contributed by atoms with van der Waals surface area (Å²) >= 11 is 0. The molecule has 3 nitrogen and oxygen atoms in total. The molecule has 0 saturated heterocycles. The van der Waals surface area contributed by atoms with Gasteiger partial charge in [0.05, 0.1) is 12.5 Å². The van der Waals surface area contributed by atoms with Crippen molar-refractivity contribution in [2.24, 2.45) is 16.6 Å². The molecule has 2 N–H and O–H groups in total. The number of nitrogens with two attached hydrogens (primary N) is 1. The summed E-state index contributed by atoms with van der Waals surface area (Å²) in [5, 5.41) is 0. The molecular weight excluding hydrogens is 202 g/mol. The van der Waals surface area contributed by atoms with Crippen LogP contribution in [0.15, 0.2) is 0 Å². The third-order valence-electron chi connectivity index (χ3n) is 5.71. The maximum absolute atomic E-state index is 11.9. The number of hydrogen-bond donors (Lipinski definition) is 1. The molecule has 0 aliphatic heterocycles. The lowest BCUT2D eigenvalue weighted by Gasteiger charge is -2.54. The molecule has 4 saturated carbocycles. The molecule has 0 unspecified atom stereocenters. The van der Waals surface area contributed by atoms with Crippen molar-refractivity contribution in [1.29, 1.82) is 0 Å². The Kier molecular flexibility index (Phi) is 1.99. The van der Waals surface area contributed by atoms with Crippen LogP contribution in [0, 0.1) is 10.8 Å². The molecule has 0 radical (unpaired) electrons. The minimum atomic E-state index is -0.151. The number of carbonyl (C=O) groups is 1. The van der Waals surface area contributed by atoms with E-state index in [1.54, 1.807) is 0 Å². The van der Waals surface area contributed by atoms with Gasteiger partial charge >= 0.3 is 5.97 Å². The van der Waals surface area contributed by atoms with Crippen LogP contribution < -0.4 is 5.73 Å². The predicted octanol–water partition coefficient (Wildman–Crippen LogP) is 1.99. The van der Waals surface area contributed by atoms with Crippen molar-refractivity contribution < 1.29 is 9.53 Å². The topological polar surface area (TPSA) is 52.3 Å². The van der Waals surface area contributed by atoms with Gasteiger partial charge in [-0.2, -0.15) is 0 Å². The molecule has 0 amide bonds. The third kappa shape index (κ3) is 1.15. The molecule has 90 valence electrons. The fourth-order valence-electron chi connectivity index (χ4n) is 4.12. The van der Waals surface area contributed by atoms with Crippen LogP contribution in [0.4, 0.5) is 0 Å². The number of fused-ring (bicyclic) bond motifs is 3. The Morgan fingerprint density at radius 2 is 1.50 bits per heavy atom. The van der Waals surface area contributed by atoms with Crippen molar-refractivity contribution in [3.05, 3.63) is 0 Å². The molecule has 4 aliphatic carbocycles. The summed E-state index contributed by atoms with van der Waals surface area (Å²) in [6, 6.07) is 0. The van der Waals surface area contributed by atoms with E-state index in [0.29, 0.717) is 5.41 Å². The van der Waals surface area contributed by atoms with Crippen LogP contribution in [0.25, 0.3) is 0 Å². The van der Waals surface area contributed by atoms with E-state index < -0.39 is 0 Å². The van der Waals surface area contributed by atoms with Gasteiger partial charge < -0.3 is 10.5 Å². The van der Waals surface area contributed by atoms with E-state index in [-0.39, 0.29) is 16.9 Å². The predicted molar refractivity (Wildman–Crippen MR) is 60.7 cm³/mol. The number of ether oxygens (including phenoxy) is 1. The molecule has 2 bridgehead atoms. The highest BCUT2D eigenvalue weighted by Gasteiger charge is 2.63. The molecule has 0 aromatic carbocycles. The zero-order valence-corrected chi connectivity index (χ0v) is 10.1. The smallest absolute Gasteiger partial charge is 0.311 e. The largest absolute Gasteiger partial charge is 0.469 e. The van der Waals surface area contributed by atoms with Crippen molar-refractivity contribution in [2.45, 2.75) is 56.9 Å². The molecule has 3 heteroatoms. The number of hydrogen-bond acceptors (Lipinski definition) is 3. The van der Waals surface area contributed by atoms with E-state index in [9.17, 15) is 4.79 Å². The zero-order valence-electron chi connectivity index (χ0n) is 10.1. The zero-order chi connectivity index (χ0) is 11.4. The maximum atomic E-state index is 11.9. The monoisotopic (exact) mass is 223 g/mol. The molecule has 0 atom stereocenters. The molecule has 4 aliphatic rings. The van der Waals surface area contributed by atoms with E-state index in [0.717, 1.165) is 38.5 Å². The van der Waals surface area contributed by atoms with Crippen molar-refractivity contribution in [3.8, 4) is 0 Å². The first-order valence-electron chi connectivity index (χ1n) is 6.43. The molecule has 16 heavy (non-hydrogen) atoms. The Bertz CT molecular complexity index is 308. The summed E-state index contributed by atoms with van der Waals surface area (Å²) in [4.78, 5) is 11.9. The summed E-state index contributed by atoms with van der Waals surface area (Å²) in [6.07, 6.45) is 8.79. The molecule has 0 aromatic rings. The van der Waals surface area contributed by atoms with Gasteiger partial charge in [0.15, 0.2) is 0 Å². The molecule has 0 spiro atoms. The second kappa shape index (κ2) is 3.00. The van der Waals surface area contributed by atoms with Crippen LogP contribution in [0.5, 0.6) is 0 Å². The fourth-order valence-corrected chi connectivity index (χ4v) is 4.12. The Morgan fingerprint density at radius 1 is 1.00 bits per heavy atom. The Hall–Kier alpha value is -0.570. The van der Waals surface area contributed by atoms with E-state index in [4.69, 9.17) is 10.5 Å². The average Bonchev–Trinajstić information content (AvgIpc) is 3.10. The molecule has 0 heterocycles. The number of esters is 1. The highest BCUT2D eigenvalue weighted by molar-refractivity contribution is 5.77. The van der Waals surface area contributed by atoms with Crippen molar-refractivity contribution in [1.82, 2.24) is 0 Å². The quantitative estimate of drug-likeness (QED) is 0.728. The van der Waals surface area contributed by atoms with Crippen LogP contribution in [-0.2, 0) is 9.53 Å². The van der Waals surface area contributed by atoms with Gasteiger partial charge in [-0.05, 0) is 56.8 Å². The van der Waals surface area contributed by atoms with Gasteiger partial charge in [-0.3, -0.25) is 4.79 Å². The third-order valence-corrected chi connectivity index (χ3v) is 5.71. The average molecular weight is 223 g/mol. The first-order valence-corrected chi connectivity index (χ1v) is 6.43. The van der Waals surface area contributed by atoms with Gasteiger partial charge in [0.1, 0.15) is 0 Å². The molecular formula is C13H21NO2. The summed E-state index contributed by atoms with van der Waals surface area (Å²) in [7, 11) is 1.51. The summed E-state index contributed by atoms with van der Waals surface area (Å²) in [5.74, 6) is 0.0164. The van der Waals surface area contributed by atoms with Crippen LogP contribution in [0.3, 0.4) is 0 Å².